The molecule has 0 saturated carbocycles. The molecule has 0 amide bonds. The van der Waals surface area contributed by atoms with Crippen LogP contribution in [0.25, 0.3) is 0 Å². The predicted octanol–water partition coefficient (Wildman–Crippen LogP) is 1.42. The average Bonchev–Trinajstić information content (AvgIpc) is 2.41. The summed E-state index contributed by atoms with van der Waals surface area (Å²) in [6, 6.07) is 9.64. The first-order chi connectivity index (χ1) is 9.55. The highest BCUT2D eigenvalue weighted by molar-refractivity contribution is 5.27. The Bertz CT molecular complexity index is 428. The maximum Gasteiger partial charge on any atom is 0.181 e. The lowest BCUT2D eigenvalue weighted by Gasteiger charge is -2.20. The van der Waals surface area contributed by atoms with Crippen LogP contribution in [0.1, 0.15) is 12.5 Å². The summed E-state index contributed by atoms with van der Waals surface area (Å²) in [5.74, 6) is 0.685. The monoisotopic (exact) mass is 278 g/mol. The summed E-state index contributed by atoms with van der Waals surface area (Å²) < 4.78 is 10.3. The number of aliphatic hydroxyl groups excluding tert-OH is 1. The summed E-state index contributed by atoms with van der Waals surface area (Å²) in [7, 11) is 3.52. The molecule has 0 aliphatic heterocycles. The molecule has 0 bridgehead atoms. The fourth-order valence-electron chi connectivity index (χ4n) is 1.88. The van der Waals surface area contributed by atoms with Gasteiger partial charge in [-0.15, -0.1) is 0 Å². The van der Waals surface area contributed by atoms with E-state index in [1.165, 1.54) is 0 Å². The van der Waals surface area contributed by atoms with E-state index in [0.29, 0.717) is 18.9 Å². The normalized spacial score (nSPS) is 13.8. The molecule has 5 heteroatoms. The van der Waals surface area contributed by atoms with Crippen molar-refractivity contribution in [2.24, 2.45) is 0 Å². The quantitative estimate of drug-likeness (QED) is 0.779. The van der Waals surface area contributed by atoms with Crippen LogP contribution in [0, 0.1) is 11.3 Å². The van der Waals surface area contributed by atoms with Crippen molar-refractivity contribution >= 4 is 0 Å². The largest absolute Gasteiger partial charge is 0.476 e. The van der Waals surface area contributed by atoms with Crippen molar-refractivity contribution in [2.75, 3.05) is 27.3 Å². The molecule has 1 N–H and O–H groups in total. The van der Waals surface area contributed by atoms with Gasteiger partial charge in [-0.1, -0.05) is 12.1 Å². The van der Waals surface area contributed by atoms with Crippen LogP contribution in [0.5, 0.6) is 5.75 Å². The minimum atomic E-state index is -0.482. The number of nitriles is 1. The summed E-state index contributed by atoms with van der Waals surface area (Å²) >= 11 is 0. The Hall–Kier alpha value is -1.61. The molecule has 0 heterocycles. The van der Waals surface area contributed by atoms with Gasteiger partial charge in [0.05, 0.1) is 12.7 Å². The van der Waals surface area contributed by atoms with Gasteiger partial charge in [0.1, 0.15) is 11.8 Å². The van der Waals surface area contributed by atoms with Crippen molar-refractivity contribution in [3.05, 3.63) is 29.8 Å². The van der Waals surface area contributed by atoms with Crippen LogP contribution < -0.4 is 4.74 Å². The number of aliphatic hydroxyl groups is 1. The van der Waals surface area contributed by atoms with E-state index in [-0.39, 0.29) is 0 Å². The first kappa shape index (κ1) is 16.4. The lowest BCUT2D eigenvalue weighted by atomic mass is 10.2. The average molecular weight is 278 g/mol. The van der Waals surface area contributed by atoms with E-state index in [1.54, 1.807) is 14.0 Å². The van der Waals surface area contributed by atoms with Gasteiger partial charge in [-0.25, -0.2) is 0 Å². The Morgan fingerprint density at radius 3 is 2.55 bits per heavy atom. The van der Waals surface area contributed by atoms with Gasteiger partial charge in [0.2, 0.25) is 0 Å². The number of ether oxygens (including phenoxy) is 2. The van der Waals surface area contributed by atoms with Crippen LogP contribution in [-0.2, 0) is 11.3 Å². The fourth-order valence-corrected chi connectivity index (χ4v) is 1.88. The lowest BCUT2D eigenvalue weighted by molar-refractivity contribution is 0.0419. The van der Waals surface area contributed by atoms with E-state index < -0.39 is 12.2 Å². The van der Waals surface area contributed by atoms with Crippen LogP contribution in [0.15, 0.2) is 24.3 Å². The highest BCUT2D eigenvalue weighted by Gasteiger charge is 2.08. The Morgan fingerprint density at radius 1 is 1.35 bits per heavy atom. The summed E-state index contributed by atoms with van der Waals surface area (Å²) in [5.41, 5.74) is 1.12. The highest BCUT2D eigenvalue weighted by atomic mass is 16.5. The van der Waals surface area contributed by atoms with Gasteiger partial charge >= 0.3 is 0 Å². The lowest BCUT2D eigenvalue weighted by Crippen LogP contribution is -2.31. The first-order valence-electron chi connectivity index (χ1n) is 6.56. The molecule has 0 fully saturated rings. The summed E-state index contributed by atoms with van der Waals surface area (Å²) in [4.78, 5) is 2.03. The topological polar surface area (TPSA) is 65.7 Å². The van der Waals surface area contributed by atoms with Gasteiger partial charge in [-0.05, 0) is 31.7 Å². The predicted molar refractivity (Wildman–Crippen MR) is 76.4 cm³/mol. The van der Waals surface area contributed by atoms with Crippen molar-refractivity contribution in [1.82, 2.24) is 4.90 Å². The van der Waals surface area contributed by atoms with Gasteiger partial charge in [0.15, 0.2) is 6.10 Å². The van der Waals surface area contributed by atoms with Gasteiger partial charge in [-0.2, -0.15) is 5.26 Å². The number of hydrogen-bond acceptors (Lipinski definition) is 5. The third kappa shape index (κ3) is 6.02. The molecule has 0 saturated heterocycles. The Kier molecular flexibility index (Phi) is 7.02. The van der Waals surface area contributed by atoms with Crippen LogP contribution in [0.4, 0.5) is 0 Å². The van der Waals surface area contributed by atoms with Gasteiger partial charge in [0.25, 0.3) is 0 Å². The van der Waals surface area contributed by atoms with Crippen molar-refractivity contribution < 1.29 is 14.6 Å². The maximum absolute atomic E-state index is 9.65. The van der Waals surface area contributed by atoms with Gasteiger partial charge in [-0.3, -0.25) is 4.90 Å². The minimum Gasteiger partial charge on any atom is -0.476 e. The second-order valence-corrected chi connectivity index (χ2v) is 4.84. The molecule has 110 valence electrons. The minimum absolute atomic E-state index is 0.336. The highest BCUT2D eigenvalue weighted by Crippen LogP contribution is 2.14. The van der Waals surface area contributed by atoms with E-state index in [0.717, 1.165) is 12.1 Å². The first-order valence-corrected chi connectivity index (χ1v) is 6.56. The molecule has 0 aliphatic carbocycles. The van der Waals surface area contributed by atoms with Gasteiger partial charge in [0, 0.05) is 20.2 Å². The van der Waals surface area contributed by atoms with Crippen molar-refractivity contribution in [1.29, 1.82) is 5.26 Å². The van der Waals surface area contributed by atoms with E-state index >= 15 is 0 Å². The molecular formula is C15H22N2O3. The number of rotatable bonds is 8. The van der Waals surface area contributed by atoms with Crippen LogP contribution in [0.3, 0.4) is 0 Å². The number of likely N-dealkylation sites (N-methyl/N-ethyl adjacent to an activating group) is 1. The zero-order valence-electron chi connectivity index (χ0n) is 12.2. The third-order valence-electron chi connectivity index (χ3n) is 2.75. The molecule has 1 rings (SSSR count). The number of methoxy groups -OCH3 is 1. The van der Waals surface area contributed by atoms with Crippen LogP contribution >= 0.6 is 0 Å². The fraction of sp³-hybridized carbons (Fsp3) is 0.533. The zero-order chi connectivity index (χ0) is 15.0. The second-order valence-electron chi connectivity index (χ2n) is 4.84. The Labute approximate surface area is 120 Å². The second kappa shape index (κ2) is 8.54. The van der Waals surface area contributed by atoms with E-state index in [9.17, 15) is 5.11 Å². The molecule has 5 nitrogen and oxygen atoms in total. The maximum atomic E-state index is 9.65. The molecule has 1 aromatic rings. The molecule has 0 radical (unpaired) electrons. The number of benzene rings is 1. The smallest absolute Gasteiger partial charge is 0.181 e. The zero-order valence-corrected chi connectivity index (χ0v) is 12.2. The number of nitrogens with zero attached hydrogens (tertiary/aromatic N) is 2. The van der Waals surface area contributed by atoms with E-state index in [2.05, 4.69) is 0 Å². The summed E-state index contributed by atoms with van der Waals surface area (Å²) in [5, 5.41) is 18.3. The van der Waals surface area contributed by atoms with Crippen molar-refractivity contribution in [2.45, 2.75) is 25.7 Å². The summed E-state index contributed by atoms with van der Waals surface area (Å²) in [6.07, 6.45) is -0.934. The van der Waals surface area contributed by atoms with Gasteiger partial charge < -0.3 is 14.6 Å². The summed E-state index contributed by atoms with van der Waals surface area (Å²) in [6.45, 7) is 3.33. The molecular weight excluding hydrogens is 256 g/mol. The van der Waals surface area contributed by atoms with Crippen molar-refractivity contribution in [3.8, 4) is 11.8 Å². The third-order valence-corrected chi connectivity index (χ3v) is 2.75. The van der Waals surface area contributed by atoms with Crippen LogP contribution in [-0.4, -0.2) is 49.5 Å². The molecule has 0 spiro atoms. The molecule has 2 atom stereocenters. The Balaban J connectivity index is 2.46. The van der Waals surface area contributed by atoms with E-state index in [1.807, 2.05) is 42.3 Å². The number of hydrogen-bond donors (Lipinski definition) is 1. The molecule has 0 aliphatic rings. The standard InChI is InChI=1S/C15H22N2O3/c1-12(8-16)20-15-6-4-13(5-7-15)9-17(2)10-14(18)11-19-3/h4-7,12,14,18H,9-11H2,1-3H3. The van der Waals surface area contributed by atoms with E-state index in [4.69, 9.17) is 14.7 Å². The van der Waals surface area contributed by atoms with Crippen LogP contribution in [0.2, 0.25) is 0 Å². The molecule has 0 aromatic heterocycles. The SMILES string of the molecule is COCC(O)CN(C)Cc1ccc(OC(C)C#N)cc1. The Morgan fingerprint density at radius 2 is 2.00 bits per heavy atom. The molecule has 20 heavy (non-hydrogen) atoms. The van der Waals surface area contributed by atoms with Crippen molar-refractivity contribution in [3.63, 3.8) is 0 Å². The molecule has 1 aromatic carbocycles. The molecule has 2 unspecified atom stereocenters.